The lowest BCUT2D eigenvalue weighted by Gasteiger charge is -2.41. The molecule has 0 spiro atoms. The zero-order valence-corrected chi connectivity index (χ0v) is 24.3. The first-order valence-corrected chi connectivity index (χ1v) is 13.7. The van der Waals surface area contributed by atoms with Crippen LogP contribution in [-0.4, -0.2) is 126 Å². The van der Waals surface area contributed by atoms with E-state index in [4.69, 9.17) is 37.6 Å². The highest BCUT2D eigenvalue weighted by molar-refractivity contribution is 5.88. The highest BCUT2D eigenvalue weighted by atomic mass is 16.7. The zero-order valence-electron chi connectivity index (χ0n) is 24.3. The van der Waals surface area contributed by atoms with Crippen molar-refractivity contribution in [2.24, 2.45) is 0 Å². The van der Waals surface area contributed by atoms with Gasteiger partial charge in [-0.15, -0.1) is 0 Å². The molecule has 0 radical (unpaired) electrons. The number of phenolic OH excluding ortho intramolecular Hbond substituents is 1. The summed E-state index contributed by atoms with van der Waals surface area (Å²) in [5.74, 6) is -0.260. The lowest BCUT2D eigenvalue weighted by molar-refractivity contribution is -0.307. The molecule has 0 aliphatic carbocycles. The average molecular weight is 639 g/mol. The molecule has 7 N–H and O–H groups in total. The predicted molar refractivity (Wildman–Crippen MR) is 150 cm³/mol. The van der Waals surface area contributed by atoms with Crippen LogP contribution in [0.4, 0.5) is 0 Å². The summed E-state index contributed by atoms with van der Waals surface area (Å²) in [6.45, 7) is -0.843. The van der Waals surface area contributed by atoms with Crippen LogP contribution in [0.25, 0.3) is 22.3 Å². The van der Waals surface area contributed by atoms with E-state index in [0.29, 0.717) is 5.56 Å². The van der Waals surface area contributed by atoms with E-state index >= 15 is 0 Å². The van der Waals surface area contributed by atoms with Crippen molar-refractivity contribution < 1.29 is 73.3 Å². The summed E-state index contributed by atoms with van der Waals surface area (Å²) in [6, 6.07) is 7.02. The molecule has 0 bridgehead atoms. The van der Waals surface area contributed by atoms with Crippen molar-refractivity contribution in [3.05, 3.63) is 40.6 Å². The lowest BCUT2D eigenvalue weighted by atomic mass is 9.99. The third-order valence-electron chi connectivity index (χ3n) is 7.56. The first-order chi connectivity index (χ1) is 21.5. The van der Waals surface area contributed by atoms with Crippen LogP contribution in [0.1, 0.15) is 0 Å². The van der Waals surface area contributed by atoms with Crippen molar-refractivity contribution in [2.45, 2.75) is 55.3 Å². The third-order valence-corrected chi connectivity index (χ3v) is 7.56. The van der Waals surface area contributed by atoms with E-state index in [1.807, 2.05) is 0 Å². The van der Waals surface area contributed by atoms with Crippen LogP contribution in [-0.2, 0) is 14.2 Å². The third kappa shape index (κ3) is 6.24. The van der Waals surface area contributed by atoms with E-state index in [1.54, 1.807) is 0 Å². The maximum atomic E-state index is 13.8. The van der Waals surface area contributed by atoms with Crippen LogP contribution in [0.15, 0.2) is 39.5 Å². The van der Waals surface area contributed by atoms with Gasteiger partial charge >= 0.3 is 0 Å². The number of fused-ring (bicyclic) bond motifs is 1. The fraction of sp³-hybridized carbons (Fsp3) is 0.483. The van der Waals surface area contributed by atoms with Gasteiger partial charge in [0.15, 0.2) is 23.5 Å². The van der Waals surface area contributed by atoms with Gasteiger partial charge in [0.2, 0.25) is 17.5 Å². The monoisotopic (exact) mass is 638 g/mol. The molecular formula is C29H34O16. The fourth-order valence-electron chi connectivity index (χ4n) is 5.04. The minimum atomic E-state index is -1.82. The number of ether oxygens (including phenoxy) is 7. The normalized spacial score (nSPS) is 30.2. The van der Waals surface area contributed by atoms with E-state index < -0.39 is 67.3 Å². The lowest BCUT2D eigenvalue weighted by Crippen LogP contribution is -2.61. The number of aromatic hydroxyl groups is 1. The molecule has 0 saturated carbocycles. The molecule has 45 heavy (non-hydrogen) atoms. The molecule has 2 aliphatic heterocycles. The van der Waals surface area contributed by atoms with Crippen LogP contribution in [0.3, 0.4) is 0 Å². The van der Waals surface area contributed by atoms with Gasteiger partial charge in [-0.1, -0.05) is 0 Å². The number of phenols is 1. The first kappa shape index (κ1) is 32.7. The summed E-state index contributed by atoms with van der Waals surface area (Å²) in [5, 5.41) is 71.4. The van der Waals surface area contributed by atoms with Gasteiger partial charge in [-0.3, -0.25) is 4.79 Å². The summed E-state index contributed by atoms with van der Waals surface area (Å²) in [4.78, 5) is 13.8. The quantitative estimate of drug-likeness (QED) is 0.146. The van der Waals surface area contributed by atoms with Crippen LogP contribution < -0.4 is 24.4 Å². The molecule has 5 rings (SSSR count). The Morgan fingerprint density at radius 3 is 2.24 bits per heavy atom. The molecular weight excluding hydrogens is 604 g/mol. The van der Waals surface area contributed by atoms with Crippen LogP contribution in [0.2, 0.25) is 0 Å². The van der Waals surface area contributed by atoms with Gasteiger partial charge in [0.05, 0.1) is 34.5 Å². The second-order valence-electron chi connectivity index (χ2n) is 10.4. The predicted octanol–water partition coefficient (Wildman–Crippen LogP) is -1.17. The molecule has 0 unspecified atom stereocenters. The molecule has 1 aromatic heterocycles. The largest absolute Gasteiger partial charge is 0.504 e. The van der Waals surface area contributed by atoms with Crippen molar-refractivity contribution in [1.29, 1.82) is 0 Å². The van der Waals surface area contributed by atoms with Gasteiger partial charge in [0.1, 0.15) is 65.2 Å². The Morgan fingerprint density at radius 2 is 1.56 bits per heavy atom. The van der Waals surface area contributed by atoms with Gasteiger partial charge in [0.25, 0.3) is 0 Å². The second kappa shape index (κ2) is 13.3. The fourth-order valence-corrected chi connectivity index (χ4v) is 5.04. The Labute approximate surface area is 255 Å². The Morgan fingerprint density at radius 1 is 0.822 bits per heavy atom. The standard InChI is InChI=1S/C29H34O16/c1-38-12-7-16-19(22(34)27(40-3)26(43-16)11-4-5-13(30)15(6-11)39-2)17(8-12)44-29-25(37)23(35)21(33)18(45-29)10-42-28-24(36)20(32)14(31)9-41-28/h4-8,14,18,20-21,23-25,28-33,35-37H,9-10H2,1-3H3/t14-,18-,20+,21-,23+,24-,25-,28+,29-/m1/s1. The molecule has 16 heteroatoms. The first-order valence-electron chi connectivity index (χ1n) is 13.7. The van der Waals surface area contributed by atoms with Crippen LogP contribution in [0, 0.1) is 0 Å². The molecule has 9 atom stereocenters. The smallest absolute Gasteiger partial charge is 0.239 e. The Hall–Kier alpha value is -3.71. The number of hydrogen-bond donors (Lipinski definition) is 7. The van der Waals surface area contributed by atoms with Crippen molar-refractivity contribution in [3.8, 4) is 40.1 Å². The number of rotatable bonds is 9. The highest BCUT2D eigenvalue weighted by Gasteiger charge is 2.46. The average Bonchev–Trinajstić information content (AvgIpc) is 3.03. The molecule has 2 aromatic carbocycles. The Balaban J connectivity index is 1.47. The summed E-state index contributed by atoms with van der Waals surface area (Å²) >= 11 is 0. The zero-order chi connectivity index (χ0) is 32.6. The van der Waals surface area contributed by atoms with Gasteiger partial charge in [-0.2, -0.15) is 0 Å². The molecule has 0 amide bonds. The van der Waals surface area contributed by atoms with Gasteiger partial charge in [0, 0.05) is 17.7 Å². The van der Waals surface area contributed by atoms with E-state index in [-0.39, 0.29) is 52.1 Å². The van der Waals surface area contributed by atoms with Crippen molar-refractivity contribution in [2.75, 3.05) is 34.5 Å². The van der Waals surface area contributed by atoms with Gasteiger partial charge in [-0.25, -0.2) is 0 Å². The van der Waals surface area contributed by atoms with Crippen LogP contribution >= 0.6 is 0 Å². The molecule has 2 saturated heterocycles. The van der Waals surface area contributed by atoms with Crippen molar-refractivity contribution >= 4 is 11.0 Å². The summed E-state index contributed by atoms with van der Waals surface area (Å²) in [5.41, 5.74) is -0.369. The molecule has 2 aliphatic rings. The molecule has 246 valence electrons. The highest BCUT2D eigenvalue weighted by Crippen LogP contribution is 2.40. The van der Waals surface area contributed by atoms with Gasteiger partial charge < -0.3 is 73.3 Å². The number of aliphatic hydroxyl groups is 6. The number of aliphatic hydroxyl groups excluding tert-OH is 6. The molecule has 3 heterocycles. The SMILES string of the molecule is COc1cc(O[C@@H]2O[C@H](CO[C@@H]3OC[C@@H](O)[C@H](O)[C@H]3O)[C@@H](O)[C@H](O)[C@H]2O)c2c(=O)c(OC)c(-c3ccc(O)c(OC)c3)oc2c1. The number of methoxy groups -OCH3 is 3. The maximum Gasteiger partial charge on any atom is 0.239 e. The maximum absolute atomic E-state index is 13.8. The minimum absolute atomic E-state index is 0.00182. The van der Waals surface area contributed by atoms with Crippen molar-refractivity contribution in [3.63, 3.8) is 0 Å². The van der Waals surface area contributed by atoms with Gasteiger partial charge in [-0.05, 0) is 18.2 Å². The van der Waals surface area contributed by atoms with Crippen LogP contribution in [0.5, 0.6) is 28.7 Å². The Bertz CT molecular complexity index is 1560. The van der Waals surface area contributed by atoms with E-state index in [9.17, 15) is 40.5 Å². The molecule has 16 nitrogen and oxygen atoms in total. The summed E-state index contributed by atoms with van der Waals surface area (Å²) < 4.78 is 44.2. The molecule has 3 aromatic rings. The van der Waals surface area contributed by atoms with E-state index in [2.05, 4.69) is 0 Å². The number of hydrogen-bond acceptors (Lipinski definition) is 16. The topological polar surface area (TPSA) is 236 Å². The summed E-state index contributed by atoms with van der Waals surface area (Å²) in [6.07, 6.45) is -14.2. The van der Waals surface area contributed by atoms with E-state index in [1.165, 1.54) is 51.7 Å². The molecule has 2 fully saturated rings. The van der Waals surface area contributed by atoms with Crippen molar-refractivity contribution in [1.82, 2.24) is 0 Å². The number of benzene rings is 2. The summed E-state index contributed by atoms with van der Waals surface area (Å²) in [7, 11) is 3.97. The van der Waals surface area contributed by atoms with E-state index in [0.717, 1.165) is 0 Å². The minimum Gasteiger partial charge on any atom is -0.504 e. The Kier molecular flexibility index (Phi) is 9.68. The second-order valence-corrected chi connectivity index (χ2v) is 10.4.